The molecule has 2 N–H and O–H groups in total. The topological polar surface area (TPSA) is 58.6 Å². The SMILES string of the molecule is CNC(C(=O)O)C1(c2cccc(Br)c2)COC1. The van der Waals surface area contributed by atoms with Crippen molar-refractivity contribution in [3.63, 3.8) is 0 Å². The quantitative estimate of drug-likeness (QED) is 0.882. The Balaban J connectivity index is 2.40. The molecule has 0 spiro atoms. The van der Waals surface area contributed by atoms with Crippen LogP contribution in [-0.2, 0) is 14.9 Å². The standard InChI is InChI=1S/C12H14BrNO3/c1-14-10(11(15)16)12(6-17-7-12)8-3-2-4-9(13)5-8/h2-5,10,14H,6-7H2,1H3,(H,15,16). The summed E-state index contributed by atoms with van der Waals surface area (Å²) < 4.78 is 6.19. The molecule has 1 aromatic carbocycles. The molecule has 4 nitrogen and oxygen atoms in total. The van der Waals surface area contributed by atoms with Gasteiger partial charge in [-0.15, -0.1) is 0 Å². The molecule has 1 unspecified atom stereocenters. The van der Waals surface area contributed by atoms with Crippen molar-refractivity contribution in [2.75, 3.05) is 20.3 Å². The molecular formula is C12H14BrNO3. The third kappa shape index (κ3) is 2.10. The first-order valence-electron chi connectivity index (χ1n) is 5.34. The number of likely N-dealkylation sites (N-methyl/N-ethyl adjacent to an activating group) is 1. The Kier molecular flexibility index (Phi) is 3.51. The molecule has 1 fully saturated rings. The summed E-state index contributed by atoms with van der Waals surface area (Å²) in [5.74, 6) is -0.851. The lowest BCUT2D eigenvalue weighted by Crippen LogP contribution is -2.62. The van der Waals surface area contributed by atoms with Gasteiger partial charge in [0.15, 0.2) is 0 Å². The minimum atomic E-state index is -0.851. The van der Waals surface area contributed by atoms with Crippen LogP contribution in [-0.4, -0.2) is 37.4 Å². The molecule has 2 rings (SSSR count). The van der Waals surface area contributed by atoms with Gasteiger partial charge in [-0.25, -0.2) is 0 Å². The lowest BCUT2D eigenvalue weighted by atomic mass is 9.72. The number of hydrogen-bond donors (Lipinski definition) is 2. The molecule has 0 aromatic heterocycles. The molecule has 1 aliphatic heterocycles. The average Bonchev–Trinajstić information content (AvgIpc) is 2.22. The lowest BCUT2D eigenvalue weighted by Gasteiger charge is -2.45. The van der Waals surface area contributed by atoms with E-state index in [-0.39, 0.29) is 0 Å². The van der Waals surface area contributed by atoms with Crippen molar-refractivity contribution < 1.29 is 14.6 Å². The first-order valence-corrected chi connectivity index (χ1v) is 6.13. The molecule has 1 aromatic rings. The Hall–Kier alpha value is -0.910. The maximum atomic E-state index is 11.3. The van der Waals surface area contributed by atoms with E-state index < -0.39 is 17.4 Å². The Morgan fingerprint density at radius 1 is 1.59 bits per heavy atom. The van der Waals surface area contributed by atoms with Crippen molar-refractivity contribution in [2.24, 2.45) is 0 Å². The predicted molar refractivity (Wildman–Crippen MR) is 67.1 cm³/mol. The molecule has 1 atom stereocenters. The zero-order valence-corrected chi connectivity index (χ0v) is 11.0. The number of hydrogen-bond acceptors (Lipinski definition) is 3. The number of carboxylic acid groups (broad SMARTS) is 1. The second-order valence-corrected chi connectivity index (χ2v) is 5.13. The van der Waals surface area contributed by atoms with Crippen molar-refractivity contribution in [1.29, 1.82) is 0 Å². The Bertz CT molecular complexity index is 432. The monoisotopic (exact) mass is 299 g/mol. The zero-order valence-electron chi connectivity index (χ0n) is 9.44. The fraction of sp³-hybridized carbons (Fsp3) is 0.417. The molecule has 17 heavy (non-hydrogen) atoms. The van der Waals surface area contributed by atoms with E-state index in [0.29, 0.717) is 13.2 Å². The van der Waals surface area contributed by atoms with E-state index >= 15 is 0 Å². The van der Waals surface area contributed by atoms with Gasteiger partial charge in [-0.2, -0.15) is 0 Å². The number of aliphatic carboxylic acids is 1. The molecule has 92 valence electrons. The molecule has 1 aliphatic rings. The van der Waals surface area contributed by atoms with Crippen molar-refractivity contribution in [3.8, 4) is 0 Å². The normalized spacial score (nSPS) is 19.4. The lowest BCUT2D eigenvalue weighted by molar-refractivity contribution is -0.150. The van der Waals surface area contributed by atoms with Crippen LogP contribution in [0.2, 0.25) is 0 Å². The molecule has 1 heterocycles. The third-order valence-electron chi connectivity index (χ3n) is 3.21. The maximum absolute atomic E-state index is 11.3. The highest BCUT2D eigenvalue weighted by Gasteiger charge is 2.50. The predicted octanol–water partition coefficient (Wildman–Crippen LogP) is 1.39. The number of benzene rings is 1. The summed E-state index contributed by atoms with van der Waals surface area (Å²) in [5.41, 5.74) is 0.518. The van der Waals surface area contributed by atoms with Crippen molar-refractivity contribution in [2.45, 2.75) is 11.5 Å². The average molecular weight is 300 g/mol. The van der Waals surface area contributed by atoms with Gasteiger partial charge in [0, 0.05) is 4.47 Å². The van der Waals surface area contributed by atoms with E-state index in [1.54, 1.807) is 7.05 Å². The fourth-order valence-corrected chi connectivity index (χ4v) is 2.66. The van der Waals surface area contributed by atoms with Gasteiger partial charge < -0.3 is 15.2 Å². The molecule has 0 radical (unpaired) electrons. The van der Waals surface area contributed by atoms with Crippen LogP contribution in [0.15, 0.2) is 28.7 Å². The van der Waals surface area contributed by atoms with Gasteiger partial charge >= 0.3 is 5.97 Å². The highest BCUT2D eigenvalue weighted by Crippen LogP contribution is 2.37. The smallest absolute Gasteiger partial charge is 0.321 e. The van der Waals surface area contributed by atoms with Gasteiger partial charge in [-0.05, 0) is 24.7 Å². The summed E-state index contributed by atoms with van der Waals surface area (Å²) in [6.45, 7) is 0.864. The summed E-state index contributed by atoms with van der Waals surface area (Å²) >= 11 is 3.41. The number of carbonyl (C=O) groups is 1. The zero-order chi connectivity index (χ0) is 12.5. The van der Waals surface area contributed by atoms with Gasteiger partial charge in [-0.1, -0.05) is 28.1 Å². The van der Waals surface area contributed by atoms with E-state index in [9.17, 15) is 9.90 Å². The second-order valence-electron chi connectivity index (χ2n) is 4.22. The highest BCUT2D eigenvalue weighted by atomic mass is 79.9. The Morgan fingerprint density at radius 3 is 2.71 bits per heavy atom. The number of ether oxygens (including phenoxy) is 1. The van der Waals surface area contributed by atoms with E-state index in [4.69, 9.17) is 4.74 Å². The minimum absolute atomic E-state index is 0.432. The summed E-state index contributed by atoms with van der Waals surface area (Å²) in [6.07, 6.45) is 0. The summed E-state index contributed by atoms with van der Waals surface area (Å²) in [7, 11) is 1.66. The number of rotatable bonds is 4. The van der Waals surface area contributed by atoms with Crippen molar-refractivity contribution in [3.05, 3.63) is 34.3 Å². The number of carboxylic acids is 1. The van der Waals surface area contributed by atoms with E-state index in [1.165, 1.54) is 0 Å². The van der Waals surface area contributed by atoms with Gasteiger partial charge in [0.05, 0.1) is 18.6 Å². The summed E-state index contributed by atoms with van der Waals surface area (Å²) in [5, 5.41) is 12.1. The Labute approximate surface area is 108 Å². The minimum Gasteiger partial charge on any atom is -0.480 e. The van der Waals surface area contributed by atoms with Gasteiger partial charge in [0.2, 0.25) is 0 Å². The summed E-state index contributed by atoms with van der Waals surface area (Å²) in [4.78, 5) is 11.3. The van der Waals surface area contributed by atoms with Crippen LogP contribution < -0.4 is 5.32 Å². The van der Waals surface area contributed by atoms with Crippen LogP contribution in [0.5, 0.6) is 0 Å². The van der Waals surface area contributed by atoms with E-state index in [2.05, 4.69) is 21.2 Å². The largest absolute Gasteiger partial charge is 0.480 e. The molecule has 0 bridgehead atoms. The fourth-order valence-electron chi connectivity index (χ4n) is 2.26. The van der Waals surface area contributed by atoms with E-state index in [1.807, 2.05) is 24.3 Å². The van der Waals surface area contributed by atoms with Crippen LogP contribution in [0.1, 0.15) is 5.56 Å². The first kappa shape index (κ1) is 12.5. The maximum Gasteiger partial charge on any atom is 0.321 e. The highest BCUT2D eigenvalue weighted by molar-refractivity contribution is 9.10. The van der Waals surface area contributed by atoms with Crippen molar-refractivity contribution >= 4 is 21.9 Å². The number of nitrogens with one attached hydrogen (secondary N) is 1. The van der Waals surface area contributed by atoms with E-state index in [0.717, 1.165) is 10.0 Å². The van der Waals surface area contributed by atoms with Crippen LogP contribution in [0.25, 0.3) is 0 Å². The molecule has 0 aliphatic carbocycles. The van der Waals surface area contributed by atoms with Gasteiger partial charge in [-0.3, -0.25) is 4.79 Å². The summed E-state index contributed by atoms with van der Waals surface area (Å²) in [6, 6.07) is 7.10. The van der Waals surface area contributed by atoms with Crippen LogP contribution in [0, 0.1) is 0 Å². The van der Waals surface area contributed by atoms with Crippen LogP contribution >= 0.6 is 15.9 Å². The molecule has 0 amide bonds. The first-order chi connectivity index (χ1) is 8.10. The van der Waals surface area contributed by atoms with Crippen LogP contribution in [0.4, 0.5) is 0 Å². The molecular weight excluding hydrogens is 286 g/mol. The second kappa shape index (κ2) is 4.76. The number of halogens is 1. The van der Waals surface area contributed by atoms with Crippen molar-refractivity contribution in [1.82, 2.24) is 5.32 Å². The van der Waals surface area contributed by atoms with Crippen LogP contribution in [0.3, 0.4) is 0 Å². The molecule has 1 saturated heterocycles. The molecule has 0 saturated carbocycles. The third-order valence-corrected chi connectivity index (χ3v) is 3.70. The molecule has 5 heteroatoms. The Morgan fingerprint density at radius 2 is 2.29 bits per heavy atom. The van der Waals surface area contributed by atoms with Gasteiger partial charge in [0.1, 0.15) is 6.04 Å². The van der Waals surface area contributed by atoms with Gasteiger partial charge in [0.25, 0.3) is 0 Å².